The molecule has 0 radical (unpaired) electrons. The highest BCUT2D eigenvalue weighted by Crippen LogP contribution is 2.60. The van der Waals surface area contributed by atoms with E-state index in [0.717, 1.165) is 29.6 Å². The Kier molecular flexibility index (Phi) is 10.9. The Morgan fingerprint density at radius 2 is 0.811 bits per heavy atom. The van der Waals surface area contributed by atoms with Crippen molar-refractivity contribution in [3.63, 3.8) is 0 Å². The zero-order valence-corrected chi connectivity index (χ0v) is 28.0. The molecule has 5 rings (SSSR count). The first-order valence-electron chi connectivity index (χ1n) is 17.3. The van der Waals surface area contributed by atoms with Crippen molar-refractivity contribution in [2.45, 2.75) is 182 Å². The van der Waals surface area contributed by atoms with E-state index in [1.54, 1.807) is 0 Å². The number of hydrogen-bond acceptors (Lipinski definition) is 0. The van der Waals surface area contributed by atoms with E-state index in [1.807, 2.05) is 0 Å². The average Bonchev–Trinajstić information content (AvgIpc) is 2.96. The van der Waals surface area contributed by atoms with Crippen molar-refractivity contribution in [2.24, 2.45) is 29.6 Å². The zero-order chi connectivity index (χ0) is 25.8. The second-order valence-electron chi connectivity index (χ2n) is 15.1. The molecule has 5 fully saturated rings. The third kappa shape index (κ3) is 6.86. The van der Waals surface area contributed by atoms with Crippen LogP contribution in [0.3, 0.4) is 0 Å². The van der Waals surface area contributed by atoms with Crippen LogP contribution >= 0.6 is 27.7 Å². The van der Waals surface area contributed by atoms with E-state index in [4.69, 9.17) is 0 Å². The SMILES string of the molecule is PC1(CC(P)(C2CCCCC2)C2CCCCC2)CCCCC1CC(P)(C1CCCCC1)C1CCCCC1. The molecule has 5 unspecified atom stereocenters. The minimum absolute atomic E-state index is 0.472. The first kappa shape index (κ1) is 29.8. The summed E-state index contributed by atoms with van der Waals surface area (Å²) in [6.45, 7) is 0. The highest BCUT2D eigenvalue weighted by molar-refractivity contribution is 7.20. The largest absolute Gasteiger partial charge is 0.131 e. The maximum absolute atomic E-state index is 3.68. The van der Waals surface area contributed by atoms with E-state index in [2.05, 4.69) is 27.7 Å². The average molecular weight is 565 g/mol. The monoisotopic (exact) mass is 564 g/mol. The van der Waals surface area contributed by atoms with Crippen molar-refractivity contribution >= 4 is 27.7 Å². The maximum atomic E-state index is 3.68. The topological polar surface area (TPSA) is 0 Å². The number of hydrogen-bond donors (Lipinski definition) is 0. The molecule has 0 saturated heterocycles. The van der Waals surface area contributed by atoms with Gasteiger partial charge in [0.15, 0.2) is 0 Å². The van der Waals surface area contributed by atoms with Crippen molar-refractivity contribution < 1.29 is 0 Å². The molecule has 0 aromatic rings. The van der Waals surface area contributed by atoms with Gasteiger partial charge in [-0.2, -0.15) is 0 Å². The van der Waals surface area contributed by atoms with Crippen molar-refractivity contribution in [1.29, 1.82) is 0 Å². The van der Waals surface area contributed by atoms with Crippen molar-refractivity contribution in [2.75, 3.05) is 0 Å². The molecule has 5 aliphatic carbocycles. The summed E-state index contributed by atoms with van der Waals surface area (Å²) in [6.07, 6.45) is 39.1. The molecule has 5 aliphatic rings. The predicted octanol–water partition coefficient (Wildman–Crippen LogP) is 11.1. The Bertz CT molecular complexity index is 645. The Morgan fingerprint density at radius 1 is 0.459 bits per heavy atom. The molecule has 37 heavy (non-hydrogen) atoms. The van der Waals surface area contributed by atoms with Crippen LogP contribution in [0.5, 0.6) is 0 Å². The van der Waals surface area contributed by atoms with Gasteiger partial charge < -0.3 is 0 Å². The van der Waals surface area contributed by atoms with Gasteiger partial charge in [-0.05, 0) is 122 Å². The lowest BCUT2D eigenvalue weighted by Crippen LogP contribution is -2.52. The molecule has 0 N–H and O–H groups in total. The summed E-state index contributed by atoms with van der Waals surface area (Å²) < 4.78 is 0. The molecule has 3 heteroatoms. The van der Waals surface area contributed by atoms with Gasteiger partial charge in [0, 0.05) is 0 Å². The first-order valence-corrected chi connectivity index (χ1v) is 19.0. The molecule has 5 saturated carbocycles. The quantitative estimate of drug-likeness (QED) is 0.257. The van der Waals surface area contributed by atoms with Crippen LogP contribution in [-0.2, 0) is 0 Å². The lowest BCUT2D eigenvalue weighted by Gasteiger charge is -2.56. The summed E-state index contributed by atoms with van der Waals surface area (Å²) in [5, 5.41) is 1.49. The minimum Gasteiger partial charge on any atom is -0.131 e. The normalized spacial score (nSPS) is 33.0. The van der Waals surface area contributed by atoms with Gasteiger partial charge in [0.2, 0.25) is 0 Å². The lowest BCUT2D eigenvalue weighted by molar-refractivity contribution is 0.0962. The van der Waals surface area contributed by atoms with Crippen molar-refractivity contribution in [3.8, 4) is 0 Å². The zero-order valence-electron chi connectivity index (χ0n) is 24.5. The molecule has 0 amide bonds. The van der Waals surface area contributed by atoms with Crippen molar-refractivity contribution in [3.05, 3.63) is 0 Å². The summed E-state index contributed by atoms with van der Waals surface area (Å²) in [7, 11) is 11.0. The van der Waals surface area contributed by atoms with Crippen LogP contribution in [0.25, 0.3) is 0 Å². The van der Waals surface area contributed by atoms with Crippen LogP contribution in [0, 0.1) is 29.6 Å². The molecule has 5 atom stereocenters. The Morgan fingerprint density at radius 3 is 1.22 bits per heavy atom. The smallest absolute Gasteiger partial charge is 0.00853 e. The second kappa shape index (κ2) is 13.5. The fourth-order valence-corrected chi connectivity index (χ4v) is 13.8. The molecular weight excluding hydrogens is 501 g/mol. The molecule has 0 aliphatic heterocycles. The fourth-order valence-electron chi connectivity index (χ4n) is 10.7. The predicted molar refractivity (Wildman–Crippen MR) is 175 cm³/mol. The molecule has 0 bridgehead atoms. The fraction of sp³-hybridized carbons (Fsp3) is 1.00. The van der Waals surface area contributed by atoms with E-state index in [-0.39, 0.29) is 0 Å². The summed E-state index contributed by atoms with van der Waals surface area (Å²) in [4.78, 5) is 0. The van der Waals surface area contributed by atoms with Crippen LogP contribution in [0.2, 0.25) is 0 Å². The van der Waals surface area contributed by atoms with Crippen molar-refractivity contribution in [1.82, 2.24) is 0 Å². The Hall–Kier alpha value is 1.29. The van der Waals surface area contributed by atoms with Crippen LogP contribution < -0.4 is 0 Å². The molecule has 0 aromatic heterocycles. The molecule has 0 nitrogen and oxygen atoms in total. The van der Waals surface area contributed by atoms with Crippen LogP contribution in [0.4, 0.5) is 0 Å². The summed E-state index contributed by atoms with van der Waals surface area (Å²) >= 11 is 0. The van der Waals surface area contributed by atoms with E-state index in [0.29, 0.717) is 15.5 Å². The maximum Gasteiger partial charge on any atom is -0.00853 e. The van der Waals surface area contributed by atoms with Crippen LogP contribution in [0.1, 0.15) is 167 Å². The molecular formula is C34H63P3. The summed E-state index contributed by atoms with van der Waals surface area (Å²) in [5.74, 6) is 4.80. The molecule has 0 spiro atoms. The lowest BCUT2D eigenvalue weighted by atomic mass is 9.59. The third-order valence-electron chi connectivity index (χ3n) is 13.0. The summed E-state index contributed by atoms with van der Waals surface area (Å²) in [5.41, 5.74) is 0. The Labute approximate surface area is 239 Å². The highest BCUT2D eigenvalue weighted by Gasteiger charge is 2.52. The molecule has 0 aromatic carbocycles. The van der Waals surface area contributed by atoms with Crippen LogP contribution in [-0.4, -0.2) is 15.5 Å². The van der Waals surface area contributed by atoms with Gasteiger partial charge in [-0.3, -0.25) is 0 Å². The van der Waals surface area contributed by atoms with E-state index >= 15 is 0 Å². The van der Waals surface area contributed by atoms with Crippen LogP contribution in [0.15, 0.2) is 0 Å². The van der Waals surface area contributed by atoms with Gasteiger partial charge in [0.05, 0.1) is 0 Å². The third-order valence-corrected chi connectivity index (χ3v) is 16.2. The Balaban J connectivity index is 1.41. The minimum atomic E-state index is 0.472. The standard InChI is InChI=1S/C34H63P3/c35-32(26-34(37,29-19-9-3-10-20-29)30-21-11-4-12-22-30)24-14-13-23-31(32)25-33(36,27-15-5-1-6-16-27)28-17-7-2-8-18-28/h27-31H,1-26,35-37H2. The highest BCUT2D eigenvalue weighted by atomic mass is 31.0. The van der Waals surface area contributed by atoms with E-state index in [9.17, 15) is 0 Å². The van der Waals surface area contributed by atoms with Gasteiger partial charge in [-0.25, -0.2) is 0 Å². The van der Waals surface area contributed by atoms with Gasteiger partial charge in [0.1, 0.15) is 0 Å². The van der Waals surface area contributed by atoms with E-state index < -0.39 is 0 Å². The van der Waals surface area contributed by atoms with Gasteiger partial charge in [-0.15, -0.1) is 27.7 Å². The summed E-state index contributed by atoms with van der Waals surface area (Å²) in [6, 6.07) is 0. The second-order valence-corrected chi connectivity index (χ2v) is 18.4. The molecule has 214 valence electrons. The first-order chi connectivity index (χ1) is 17.9. The van der Waals surface area contributed by atoms with E-state index in [1.165, 1.54) is 167 Å². The van der Waals surface area contributed by atoms with Gasteiger partial charge >= 0.3 is 0 Å². The van der Waals surface area contributed by atoms with Gasteiger partial charge in [0.25, 0.3) is 0 Å². The van der Waals surface area contributed by atoms with Gasteiger partial charge in [-0.1, -0.05) is 89.9 Å². The number of rotatable bonds is 8. The molecule has 0 heterocycles.